The molecular formula is C9H11NNaO2. The number of aromatic carboxylic acids is 1. The van der Waals surface area contributed by atoms with Crippen LogP contribution >= 0.6 is 0 Å². The van der Waals surface area contributed by atoms with Gasteiger partial charge in [0, 0.05) is 29.6 Å². The van der Waals surface area contributed by atoms with Gasteiger partial charge >= 0.3 is 5.97 Å². The molecule has 65 valence electrons. The summed E-state index contributed by atoms with van der Waals surface area (Å²) in [6, 6.07) is 6.76. The molecule has 0 bridgehead atoms. The van der Waals surface area contributed by atoms with E-state index in [4.69, 9.17) is 10.8 Å². The SMILES string of the molecule is NCCc1ccc(C(=O)O)cc1.[Na]. The van der Waals surface area contributed by atoms with Gasteiger partial charge in [0.05, 0.1) is 5.56 Å². The van der Waals surface area contributed by atoms with Crippen molar-refractivity contribution in [3.63, 3.8) is 0 Å². The Bertz CT molecular complexity index is 271. The van der Waals surface area contributed by atoms with Crippen molar-refractivity contribution in [3.05, 3.63) is 35.4 Å². The Morgan fingerprint density at radius 1 is 1.31 bits per heavy atom. The fraction of sp³-hybridized carbons (Fsp3) is 0.222. The molecule has 0 aromatic heterocycles. The molecule has 3 nitrogen and oxygen atoms in total. The van der Waals surface area contributed by atoms with Gasteiger partial charge in [-0.3, -0.25) is 0 Å². The zero-order valence-electron chi connectivity index (χ0n) is 7.66. The second-order valence-electron chi connectivity index (χ2n) is 2.54. The topological polar surface area (TPSA) is 63.3 Å². The van der Waals surface area contributed by atoms with E-state index < -0.39 is 5.97 Å². The normalized spacial score (nSPS) is 9.00. The van der Waals surface area contributed by atoms with Crippen molar-refractivity contribution >= 4 is 35.5 Å². The fourth-order valence-electron chi connectivity index (χ4n) is 0.981. The van der Waals surface area contributed by atoms with E-state index in [1.807, 2.05) is 0 Å². The molecule has 0 unspecified atom stereocenters. The Morgan fingerprint density at radius 2 is 1.85 bits per heavy atom. The largest absolute Gasteiger partial charge is 0.478 e. The fourth-order valence-corrected chi connectivity index (χ4v) is 0.981. The van der Waals surface area contributed by atoms with Crippen LogP contribution in [0.4, 0.5) is 0 Å². The van der Waals surface area contributed by atoms with Crippen LogP contribution in [0, 0.1) is 0 Å². The van der Waals surface area contributed by atoms with E-state index in [2.05, 4.69) is 0 Å². The maximum atomic E-state index is 10.4. The van der Waals surface area contributed by atoms with E-state index >= 15 is 0 Å². The third-order valence-electron chi connectivity index (χ3n) is 1.63. The van der Waals surface area contributed by atoms with Gasteiger partial charge in [-0.15, -0.1) is 0 Å². The van der Waals surface area contributed by atoms with Crippen molar-refractivity contribution in [2.24, 2.45) is 5.73 Å². The van der Waals surface area contributed by atoms with E-state index in [1.165, 1.54) is 0 Å². The van der Waals surface area contributed by atoms with Gasteiger partial charge < -0.3 is 10.8 Å². The van der Waals surface area contributed by atoms with Crippen molar-refractivity contribution in [3.8, 4) is 0 Å². The standard InChI is InChI=1S/C9H11NO2.Na/c10-6-5-7-1-3-8(4-2-7)9(11)12;/h1-4H,5-6,10H2,(H,11,12);. The molecule has 3 N–H and O–H groups in total. The number of rotatable bonds is 3. The molecule has 0 atom stereocenters. The summed E-state index contributed by atoms with van der Waals surface area (Å²) in [6.45, 7) is 0.590. The van der Waals surface area contributed by atoms with Crippen molar-refractivity contribution in [1.29, 1.82) is 0 Å². The molecule has 4 heteroatoms. The van der Waals surface area contributed by atoms with Gasteiger partial charge in [-0.2, -0.15) is 0 Å². The number of carbonyl (C=O) groups is 1. The molecular weight excluding hydrogens is 177 g/mol. The summed E-state index contributed by atoms with van der Waals surface area (Å²) in [5.74, 6) is -0.894. The number of hydrogen-bond donors (Lipinski definition) is 2. The van der Waals surface area contributed by atoms with Crippen LogP contribution in [-0.2, 0) is 6.42 Å². The number of nitrogens with two attached hydrogens (primary N) is 1. The maximum Gasteiger partial charge on any atom is 0.335 e. The molecule has 0 amide bonds. The zero-order valence-corrected chi connectivity index (χ0v) is 9.66. The molecule has 1 rings (SSSR count). The minimum Gasteiger partial charge on any atom is -0.478 e. The van der Waals surface area contributed by atoms with Crippen LogP contribution in [0.5, 0.6) is 0 Å². The van der Waals surface area contributed by atoms with Crippen LogP contribution in [0.3, 0.4) is 0 Å². The summed E-state index contributed by atoms with van der Waals surface area (Å²) in [5, 5.41) is 8.58. The minimum absolute atomic E-state index is 0. The van der Waals surface area contributed by atoms with E-state index in [-0.39, 0.29) is 29.6 Å². The molecule has 1 aromatic rings. The third-order valence-corrected chi connectivity index (χ3v) is 1.63. The first kappa shape index (κ1) is 12.7. The van der Waals surface area contributed by atoms with Gasteiger partial charge in [-0.05, 0) is 30.7 Å². The summed E-state index contributed by atoms with van der Waals surface area (Å²) in [6.07, 6.45) is 0.792. The molecule has 0 spiro atoms. The first-order valence-electron chi connectivity index (χ1n) is 3.76. The molecule has 0 aliphatic rings. The quantitative estimate of drug-likeness (QED) is 0.679. The summed E-state index contributed by atoms with van der Waals surface area (Å²) in [4.78, 5) is 10.4. The summed E-state index contributed by atoms with van der Waals surface area (Å²) in [7, 11) is 0. The van der Waals surface area contributed by atoms with E-state index in [1.54, 1.807) is 24.3 Å². The van der Waals surface area contributed by atoms with E-state index in [0.29, 0.717) is 12.1 Å². The zero-order chi connectivity index (χ0) is 8.97. The molecule has 0 aliphatic carbocycles. The molecule has 0 saturated heterocycles. The van der Waals surface area contributed by atoms with Crippen LogP contribution in [0.2, 0.25) is 0 Å². The van der Waals surface area contributed by atoms with Crippen LogP contribution in [0.1, 0.15) is 15.9 Å². The predicted molar refractivity (Wildman–Crippen MR) is 51.9 cm³/mol. The van der Waals surface area contributed by atoms with Crippen LogP contribution in [0.25, 0.3) is 0 Å². The Balaban J connectivity index is 0.00000144. The van der Waals surface area contributed by atoms with Crippen LogP contribution in [-0.4, -0.2) is 47.2 Å². The first-order valence-corrected chi connectivity index (χ1v) is 3.76. The maximum absolute atomic E-state index is 10.4. The first-order chi connectivity index (χ1) is 5.74. The van der Waals surface area contributed by atoms with Gasteiger partial charge in [0.25, 0.3) is 0 Å². The van der Waals surface area contributed by atoms with Crippen LogP contribution < -0.4 is 5.73 Å². The molecule has 13 heavy (non-hydrogen) atoms. The van der Waals surface area contributed by atoms with Crippen molar-refractivity contribution in [2.45, 2.75) is 6.42 Å². The Labute approximate surface area is 99.2 Å². The van der Waals surface area contributed by atoms with Gasteiger partial charge in [-0.1, -0.05) is 12.1 Å². The van der Waals surface area contributed by atoms with Gasteiger partial charge in [0.1, 0.15) is 0 Å². The molecule has 1 aromatic carbocycles. The molecule has 0 heterocycles. The third kappa shape index (κ3) is 3.91. The van der Waals surface area contributed by atoms with Gasteiger partial charge in [0.2, 0.25) is 0 Å². The average molecular weight is 188 g/mol. The molecule has 1 radical (unpaired) electrons. The van der Waals surface area contributed by atoms with E-state index in [0.717, 1.165) is 12.0 Å². The summed E-state index contributed by atoms with van der Waals surface area (Å²) < 4.78 is 0. The van der Waals surface area contributed by atoms with Gasteiger partial charge in [-0.25, -0.2) is 4.79 Å². The van der Waals surface area contributed by atoms with Crippen molar-refractivity contribution < 1.29 is 9.90 Å². The number of hydrogen-bond acceptors (Lipinski definition) is 2. The second-order valence-corrected chi connectivity index (χ2v) is 2.54. The predicted octanol–water partition coefficient (Wildman–Crippen LogP) is 0.505. The number of benzene rings is 1. The Morgan fingerprint density at radius 3 is 2.23 bits per heavy atom. The molecule has 0 aliphatic heterocycles. The molecule has 0 saturated carbocycles. The van der Waals surface area contributed by atoms with Crippen LogP contribution in [0.15, 0.2) is 24.3 Å². The Hall–Kier alpha value is -0.350. The molecule has 0 fully saturated rings. The monoisotopic (exact) mass is 188 g/mol. The Kier molecular flexibility index (Phi) is 5.99. The number of carboxylic acid groups (broad SMARTS) is 1. The second kappa shape index (κ2) is 6.16. The summed E-state index contributed by atoms with van der Waals surface area (Å²) in [5.41, 5.74) is 6.73. The van der Waals surface area contributed by atoms with Crippen molar-refractivity contribution in [2.75, 3.05) is 6.54 Å². The number of carboxylic acids is 1. The van der Waals surface area contributed by atoms with Crippen molar-refractivity contribution in [1.82, 2.24) is 0 Å². The van der Waals surface area contributed by atoms with E-state index in [9.17, 15) is 4.79 Å². The smallest absolute Gasteiger partial charge is 0.335 e. The average Bonchev–Trinajstić information content (AvgIpc) is 2.06. The van der Waals surface area contributed by atoms with Gasteiger partial charge in [0.15, 0.2) is 0 Å². The minimum atomic E-state index is -0.894. The summed E-state index contributed by atoms with van der Waals surface area (Å²) >= 11 is 0.